The van der Waals surface area contributed by atoms with Crippen LogP contribution in [0.5, 0.6) is 0 Å². The summed E-state index contributed by atoms with van der Waals surface area (Å²) in [7, 11) is 2.63. The van der Waals surface area contributed by atoms with Gasteiger partial charge in [0.25, 0.3) is 0 Å². The predicted molar refractivity (Wildman–Crippen MR) is 67.1 cm³/mol. The van der Waals surface area contributed by atoms with E-state index in [0.29, 0.717) is 0 Å². The van der Waals surface area contributed by atoms with Crippen molar-refractivity contribution in [1.29, 1.82) is 0 Å². The van der Waals surface area contributed by atoms with Crippen molar-refractivity contribution in [1.82, 2.24) is 4.90 Å². The molecule has 0 saturated carbocycles. The Morgan fingerprint density at radius 3 is 2.47 bits per heavy atom. The number of imide groups is 1. The monoisotopic (exact) mass is 261 g/mol. The van der Waals surface area contributed by atoms with E-state index < -0.39 is 23.7 Å². The van der Waals surface area contributed by atoms with Crippen LogP contribution in [0.1, 0.15) is 17.9 Å². The average Bonchev–Trinajstić information content (AvgIpc) is 2.44. The van der Waals surface area contributed by atoms with Gasteiger partial charge in [-0.05, 0) is 5.56 Å². The number of rotatable bonds is 2. The van der Waals surface area contributed by atoms with Gasteiger partial charge < -0.3 is 4.74 Å². The summed E-state index contributed by atoms with van der Waals surface area (Å²) in [4.78, 5) is 36.8. The molecule has 0 aromatic heterocycles. The summed E-state index contributed by atoms with van der Waals surface area (Å²) in [5.41, 5.74) is 0.799. The van der Waals surface area contributed by atoms with Gasteiger partial charge in [-0.3, -0.25) is 19.3 Å². The number of hydrogen-bond acceptors (Lipinski definition) is 4. The molecule has 1 saturated heterocycles. The van der Waals surface area contributed by atoms with E-state index in [1.54, 1.807) is 0 Å². The molecular weight excluding hydrogens is 246 g/mol. The van der Waals surface area contributed by atoms with Crippen LogP contribution < -0.4 is 0 Å². The largest absolute Gasteiger partial charge is 0.468 e. The van der Waals surface area contributed by atoms with Crippen LogP contribution in [0.3, 0.4) is 0 Å². The predicted octanol–water partition coefficient (Wildman–Crippen LogP) is 0.948. The molecule has 5 heteroatoms. The van der Waals surface area contributed by atoms with Crippen LogP contribution in [-0.4, -0.2) is 36.8 Å². The van der Waals surface area contributed by atoms with Gasteiger partial charge in [0.2, 0.25) is 11.8 Å². The maximum absolute atomic E-state index is 12.1. The number of carbonyl (C=O) groups excluding carboxylic acids is 3. The van der Waals surface area contributed by atoms with Crippen LogP contribution in [0.15, 0.2) is 30.3 Å². The average molecular weight is 261 g/mol. The Kier molecular flexibility index (Phi) is 3.64. The van der Waals surface area contributed by atoms with Crippen LogP contribution in [-0.2, 0) is 19.1 Å². The van der Waals surface area contributed by atoms with Crippen molar-refractivity contribution < 1.29 is 19.1 Å². The molecule has 19 heavy (non-hydrogen) atoms. The van der Waals surface area contributed by atoms with E-state index >= 15 is 0 Å². The number of methoxy groups -OCH3 is 1. The first-order chi connectivity index (χ1) is 9.06. The van der Waals surface area contributed by atoms with Gasteiger partial charge in [-0.25, -0.2) is 0 Å². The minimum Gasteiger partial charge on any atom is -0.468 e. The van der Waals surface area contributed by atoms with Crippen molar-refractivity contribution in [2.45, 2.75) is 12.3 Å². The Bertz CT molecular complexity index is 511. The molecule has 1 aliphatic heterocycles. The standard InChI is InChI=1S/C14H15NO4/c1-15-11(16)8-10(9-6-4-3-5-7-9)12(13(15)17)14(18)19-2/h3-7,10,12H,8H2,1-2H3. The van der Waals surface area contributed by atoms with Crippen LogP contribution in [0.25, 0.3) is 0 Å². The number of ether oxygens (including phenoxy) is 1. The number of nitrogens with zero attached hydrogens (tertiary/aromatic N) is 1. The van der Waals surface area contributed by atoms with Crippen molar-refractivity contribution >= 4 is 17.8 Å². The maximum atomic E-state index is 12.1. The number of esters is 1. The van der Waals surface area contributed by atoms with Crippen LogP contribution in [0.2, 0.25) is 0 Å². The molecular formula is C14H15NO4. The molecule has 0 N–H and O–H groups in total. The minimum atomic E-state index is -0.949. The van der Waals surface area contributed by atoms with Gasteiger partial charge in [0.1, 0.15) is 5.92 Å². The third kappa shape index (κ3) is 2.36. The van der Waals surface area contributed by atoms with Crippen LogP contribution in [0.4, 0.5) is 0 Å². The SMILES string of the molecule is COC(=O)C1C(=O)N(C)C(=O)CC1c1ccccc1. The number of carbonyl (C=O) groups is 3. The topological polar surface area (TPSA) is 63.7 Å². The Labute approximate surface area is 111 Å². The summed E-state index contributed by atoms with van der Waals surface area (Å²) >= 11 is 0. The lowest BCUT2D eigenvalue weighted by atomic mass is 9.79. The number of amides is 2. The number of benzene rings is 1. The summed E-state index contributed by atoms with van der Waals surface area (Å²) in [6, 6.07) is 9.10. The molecule has 0 aliphatic carbocycles. The summed E-state index contributed by atoms with van der Waals surface area (Å²) in [6.45, 7) is 0. The number of likely N-dealkylation sites (tertiary alicyclic amines) is 1. The fourth-order valence-electron chi connectivity index (χ4n) is 2.35. The first-order valence-electron chi connectivity index (χ1n) is 5.99. The zero-order valence-corrected chi connectivity index (χ0v) is 10.8. The zero-order chi connectivity index (χ0) is 14.0. The van der Waals surface area contributed by atoms with Crippen LogP contribution >= 0.6 is 0 Å². The molecule has 1 aromatic rings. The van der Waals surface area contributed by atoms with E-state index in [4.69, 9.17) is 4.74 Å². The number of hydrogen-bond donors (Lipinski definition) is 0. The zero-order valence-electron chi connectivity index (χ0n) is 10.8. The van der Waals surface area contributed by atoms with E-state index in [0.717, 1.165) is 10.5 Å². The van der Waals surface area contributed by atoms with Gasteiger partial charge >= 0.3 is 5.97 Å². The van der Waals surface area contributed by atoms with Gasteiger partial charge in [-0.2, -0.15) is 0 Å². The molecule has 5 nitrogen and oxygen atoms in total. The van der Waals surface area contributed by atoms with Crippen molar-refractivity contribution in [3.05, 3.63) is 35.9 Å². The molecule has 1 aliphatic rings. The highest BCUT2D eigenvalue weighted by Crippen LogP contribution is 2.34. The second kappa shape index (κ2) is 5.22. The van der Waals surface area contributed by atoms with Gasteiger partial charge in [0.05, 0.1) is 7.11 Å². The lowest BCUT2D eigenvalue weighted by molar-refractivity contribution is -0.160. The Balaban J connectivity index is 2.41. The van der Waals surface area contributed by atoms with Crippen molar-refractivity contribution in [2.75, 3.05) is 14.2 Å². The van der Waals surface area contributed by atoms with E-state index in [-0.39, 0.29) is 12.3 Å². The molecule has 1 heterocycles. The molecule has 2 unspecified atom stereocenters. The molecule has 0 radical (unpaired) electrons. The minimum absolute atomic E-state index is 0.131. The third-order valence-corrected chi connectivity index (χ3v) is 3.45. The Morgan fingerprint density at radius 1 is 1.26 bits per heavy atom. The first-order valence-corrected chi connectivity index (χ1v) is 5.99. The lowest BCUT2D eigenvalue weighted by Crippen LogP contribution is -2.49. The molecule has 2 rings (SSSR count). The first kappa shape index (κ1) is 13.3. The normalized spacial score (nSPS) is 23.4. The van der Waals surface area contributed by atoms with Gasteiger partial charge in [-0.15, -0.1) is 0 Å². The fourth-order valence-corrected chi connectivity index (χ4v) is 2.35. The summed E-state index contributed by atoms with van der Waals surface area (Å²) in [5, 5.41) is 0. The van der Waals surface area contributed by atoms with E-state index in [1.807, 2.05) is 30.3 Å². The molecule has 2 atom stereocenters. The second-order valence-corrected chi connectivity index (χ2v) is 4.51. The Morgan fingerprint density at radius 2 is 1.89 bits per heavy atom. The van der Waals surface area contributed by atoms with Crippen molar-refractivity contribution in [2.24, 2.45) is 5.92 Å². The summed E-state index contributed by atoms with van der Waals surface area (Å²) in [6.07, 6.45) is 0.131. The Hall–Kier alpha value is -2.17. The second-order valence-electron chi connectivity index (χ2n) is 4.51. The summed E-state index contributed by atoms with van der Waals surface area (Å²) in [5.74, 6) is -2.78. The third-order valence-electron chi connectivity index (χ3n) is 3.45. The molecule has 2 amide bonds. The molecule has 100 valence electrons. The highest BCUT2D eigenvalue weighted by atomic mass is 16.5. The molecule has 1 fully saturated rings. The quantitative estimate of drug-likeness (QED) is 0.451. The van der Waals surface area contributed by atoms with Gasteiger partial charge in [0.15, 0.2) is 0 Å². The smallest absolute Gasteiger partial charge is 0.318 e. The molecule has 1 aromatic carbocycles. The fraction of sp³-hybridized carbons (Fsp3) is 0.357. The van der Waals surface area contributed by atoms with Crippen molar-refractivity contribution in [3.63, 3.8) is 0 Å². The highest BCUT2D eigenvalue weighted by molar-refractivity contribution is 6.08. The van der Waals surface area contributed by atoms with Crippen LogP contribution in [0, 0.1) is 5.92 Å². The number of piperidine rings is 1. The van der Waals surface area contributed by atoms with Gasteiger partial charge in [-0.1, -0.05) is 30.3 Å². The highest BCUT2D eigenvalue weighted by Gasteiger charge is 2.45. The molecule has 0 spiro atoms. The van der Waals surface area contributed by atoms with Crippen molar-refractivity contribution in [3.8, 4) is 0 Å². The van der Waals surface area contributed by atoms with Gasteiger partial charge in [0, 0.05) is 19.4 Å². The molecule has 0 bridgehead atoms. The lowest BCUT2D eigenvalue weighted by Gasteiger charge is -2.33. The van der Waals surface area contributed by atoms with E-state index in [2.05, 4.69) is 0 Å². The van der Waals surface area contributed by atoms with E-state index in [1.165, 1.54) is 14.2 Å². The van der Waals surface area contributed by atoms with E-state index in [9.17, 15) is 14.4 Å². The summed E-state index contributed by atoms with van der Waals surface area (Å²) < 4.78 is 4.70. The maximum Gasteiger partial charge on any atom is 0.318 e.